The fourth-order valence-corrected chi connectivity index (χ4v) is 3.87. The largest absolute Gasteiger partial charge is 0.479 e. The van der Waals surface area contributed by atoms with Crippen LogP contribution in [-0.4, -0.2) is 61.9 Å². The molecule has 8 nitrogen and oxygen atoms in total. The van der Waals surface area contributed by atoms with E-state index in [1.54, 1.807) is 4.90 Å². The molecule has 2 unspecified atom stereocenters. The Bertz CT molecular complexity index is 832. The lowest BCUT2D eigenvalue weighted by Crippen LogP contribution is -2.58. The molecule has 0 amide bonds. The standard InChI is InChI=1S/C18H22F2N4O4/c1-3-22-7-9-4-5-23(8-9)13-10(19)6-11(20)14-12(13)16(25)17(26)15(18(27)28)24(14)21-2/h6,9,15,21-22H,3-5,7-8H2,1-2H3,(H,27,28). The van der Waals surface area contributed by atoms with Crippen molar-refractivity contribution in [2.45, 2.75) is 19.4 Å². The number of anilines is 2. The van der Waals surface area contributed by atoms with Crippen LogP contribution in [0, 0.1) is 17.6 Å². The average Bonchev–Trinajstić information content (AvgIpc) is 3.10. The molecule has 1 fully saturated rings. The first-order valence-corrected chi connectivity index (χ1v) is 9.07. The molecule has 2 aliphatic rings. The van der Waals surface area contributed by atoms with E-state index >= 15 is 0 Å². The zero-order valence-corrected chi connectivity index (χ0v) is 15.6. The first kappa shape index (κ1) is 20.2. The summed E-state index contributed by atoms with van der Waals surface area (Å²) in [6, 6.07) is -1.30. The van der Waals surface area contributed by atoms with Gasteiger partial charge in [0.25, 0.3) is 0 Å². The Labute approximate surface area is 160 Å². The highest BCUT2D eigenvalue weighted by molar-refractivity contribution is 6.52. The molecule has 1 saturated heterocycles. The van der Waals surface area contributed by atoms with Gasteiger partial charge in [0.05, 0.1) is 11.3 Å². The minimum atomic E-state index is -1.92. The van der Waals surface area contributed by atoms with Crippen LogP contribution in [0.4, 0.5) is 20.2 Å². The van der Waals surface area contributed by atoms with Gasteiger partial charge < -0.3 is 15.3 Å². The summed E-state index contributed by atoms with van der Waals surface area (Å²) >= 11 is 0. The van der Waals surface area contributed by atoms with Crippen LogP contribution >= 0.6 is 0 Å². The van der Waals surface area contributed by atoms with Gasteiger partial charge >= 0.3 is 5.97 Å². The number of carboxylic acid groups (broad SMARTS) is 1. The molecular weight excluding hydrogens is 374 g/mol. The number of Topliss-reactive ketones (excluding diaryl/α,β-unsaturated/α-hetero) is 2. The van der Waals surface area contributed by atoms with E-state index in [0.717, 1.165) is 18.0 Å². The molecule has 1 aromatic carbocycles. The van der Waals surface area contributed by atoms with Crippen LogP contribution in [0.5, 0.6) is 0 Å². The van der Waals surface area contributed by atoms with Crippen molar-refractivity contribution in [1.82, 2.24) is 10.7 Å². The number of hydrogen-bond acceptors (Lipinski definition) is 7. The highest BCUT2D eigenvalue weighted by Gasteiger charge is 2.47. The van der Waals surface area contributed by atoms with Crippen LogP contribution < -0.4 is 20.7 Å². The minimum absolute atomic E-state index is 0.155. The topological polar surface area (TPSA) is 102 Å². The third-order valence-electron chi connectivity index (χ3n) is 5.14. The van der Waals surface area contributed by atoms with Crippen LogP contribution in [0.1, 0.15) is 23.7 Å². The predicted molar refractivity (Wildman–Crippen MR) is 97.5 cm³/mol. The molecule has 1 aromatic rings. The normalized spacial score (nSPS) is 22.0. The SMILES string of the molecule is CCNCC1CCN(c2c(F)cc(F)c3c2C(=O)C(=O)C(C(=O)O)N3NC)C1. The van der Waals surface area contributed by atoms with Crippen molar-refractivity contribution >= 4 is 28.9 Å². The van der Waals surface area contributed by atoms with E-state index < -0.39 is 46.5 Å². The second-order valence-corrected chi connectivity index (χ2v) is 6.85. The Hall–Kier alpha value is -2.59. The molecule has 152 valence electrons. The number of carbonyl (C=O) groups excluding carboxylic acids is 2. The fourth-order valence-electron chi connectivity index (χ4n) is 3.87. The first-order chi connectivity index (χ1) is 13.3. The molecule has 28 heavy (non-hydrogen) atoms. The van der Waals surface area contributed by atoms with Crippen LogP contribution in [0.15, 0.2) is 6.07 Å². The molecule has 10 heteroatoms. The van der Waals surface area contributed by atoms with Crippen molar-refractivity contribution in [1.29, 1.82) is 0 Å². The summed E-state index contributed by atoms with van der Waals surface area (Å²) < 4.78 is 29.4. The van der Waals surface area contributed by atoms with E-state index in [0.29, 0.717) is 25.7 Å². The average molecular weight is 396 g/mol. The van der Waals surface area contributed by atoms with Gasteiger partial charge in [-0.1, -0.05) is 6.92 Å². The van der Waals surface area contributed by atoms with E-state index in [4.69, 9.17) is 0 Å². The Kier molecular flexibility index (Phi) is 5.61. The smallest absolute Gasteiger partial charge is 0.336 e. The molecule has 2 aliphatic heterocycles. The molecule has 3 N–H and O–H groups in total. The van der Waals surface area contributed by atoms with E-state index in [9.17, 15) is 28.3 Å². The Balaban J connectivity index is 2.10. The molecule has 0 saturated carbocycles. The summed E-state index contributed by atoms with van der Waals surface area (Å²) in [5.74, 6) is -5.90. The Morgan fingerprint density at radius 1 is 1.29 bits per heavy atom. The number of fused-ring (bicyclic) bond motifs is 1. The number of nitrogens with zero attached hydrogens (tertiary/aromatic N) is 2. The molecule has 0 radical (unpaired) electrons. The van der Waals surface area contributed by atoms with Crippen LogP contribution in [-0.2, 0) is 9.59 Å². The van der Waals surface area contributed by atoms with Crippen LogP contribution in [0.25, 0.3) is 0 Å². The predicted octanol–water partition coefficient (Wildman–Crippen LogP) is 0.560. The summed E-state index contributed by atoms with van der Waals surface area (Å²) in [5, 5.41) is 13.3. The lowest BCUT2D eigenvalue weighted by molar-refractivity contribution is -0.141. The highest BCUT2D eigenvalue weighted by atomic mass is 19.1. The summed E-state index contributed by atoms with van der Waals surface area (Å²) in [5.41, 5.74) is 1.43. The summed E-state index contributed by atoms with van der Waals surface area (Å²) in [7, 11) is 1.30. The fraction of sp³-hybridized carbons (Fsp3) is 0.500. The zero-order valence-electron chi connectivity index (χ0n) is 15.6. The Morgan fingerprint density at radius 2 is 1.96 bits per heavy atom. The van der Waals surface area contributed by atoms with Crippen molar-refractivity contribution in [3.05, 3.63) is 23.3 Å². The van der Waals surface area contributed by atoms with Gasteiger partial charge in [0, 0.05) is 26.2 Å². The molecule has 2 heterocycles. The maximum Gasteiger partial charge on any atom is 0.336 e. The number of carboxylic acids is 1. The second-order valence-electron chi connectivity index (χ2n) is 6.85. The third-order valence-corrected chi connectivity index (χ3v) is 5.14. The maximum atomic E-state index is 14.7. The van der Waals surface area contributed by atoms with Gasteiger partial charge in [-0.2, -0.15) is 0 Å². The van der Waals surface area contributed by atoms with Crippen LogP contribution in [0.2, 0.25) is 0 Å². The highest BCUT2D eigenvalue weighted by Crippen LogP contribution is 2.40. The first-order valence-electron chi connectivity index (χ1n) is 9.07. The van der Waals surface area contributed by atoms with Gasteiger partial charge in [0.2, 0.25) is 17.6 Å². The summed E-state index contributed by atoms with van der Waals surface area (Å²) in [6.07, 6.45) is 0.744. The number of carbonyl (C=O) groups is 3. The van der Waals surface area contributed by atoms with Gasteiger partial charge in [-0.15, -0.1) is 0 Å². The number of hydrazine groups is 1. The molecule has 0 bridgehead atoms. The van der Waals surface area contributed by atoms with Gasteiger partial charge in [-0.25, -0.2) is 19.0 Å². The van der Waals surface area contributed by atoms with E-state index in [-0.39, 0.29) is 11.6 Å². The van der Waals surface area contributed by atoms with Crippen molar-refractivity contribution < 1.29 is 28.3 Å². The lowest BCUT2D eigenvalue weighted by Gasteiger charge is -2.36. The summed E-state index contributed by atoms with van der Waals surface area (Å²) in [4.78, 5) is 38.2. The lowest BCUT2D eigenvalue weighted by atomic mass is 9.92. The number of ketones is 2. The van der Waals surface area contributed by atoms with Crippen molar-refractivity contribution in [2.75, 3.05) is 43.1 Å². The molecule has 2 atom stereocenters. The summed E-state index contributed by atoms with van der Waals surface area (Å²) in [6.45, 7) is 4.35. The molecule has 0 aromatic heterocycles. The molecular formula is C18H22F2N4O4. The zero-order chi connectivity index (χ0) is 20.6. The van der Waals surface area contributed by atoms with E-state index in [2.05, 4.69) is 10.7 Å². The van der Waals surface area contributed by atoms with Gasteiger partial charge in [-0.05, 0) is 25.4 Å². The van der Waals surface area contributed by atoms with Crippen molar-refractivity contribution in [3.8, 4) is 0 Å². The minimum Gasteiger partial charge on any atom is -0.479 e. The van der Waals surface area contributed by atoms with E-state index in [1.807, 2.05) is 6.92 Å². The molecule has 3 rings (SSSR count). The third kappa shape index (κ3) is 3.22. The van der Waals surface area contributed by atoms with E-state index in [1.165, 1.54) is 7.05 Å². The van der Waals surface area contributed by atoms with Crippen molar-refractivity contribution in [2.24, 2.45) is 5.92 Å². The van der Waals surface area contributed by atoms with Crippen LogP contribution in [0.3, 0.4) is 0 Å². The number of hydrogen-bond donors (Lipinski definition) is 3. The van der Waals surface area contributed by atoms with Gasteiger partial charge in [0.1, 0.15) is 11.5 Å². The monoisotopic (exact) mass is 396 g/mol. The molecule has 0 aliphatic carbocycles. The molecule has 0 spiro atoms. The number of rotatable bonds is 6. The van der Waals surface area contributed by atoms with Gasteiger partial charge in [-0.3, -0.25) is 14.6 Å². The number of nitrogens with one attached hydrogen (secondary N) is 2. The maximum absolute atomic E-state index is 14.7. The Morgan fingerprint density at radius 3 is 2.57 bits per heavy atom. The number of benzene rings is 1. The quantitative estimate of drug-likeness (QED) is 0.474. The number of halogens is 2. The van der Waals surface area contributed by atoms with Crippen molar-refractivity contribution in [3.63, 3.8) is 0 Å². The van der Waals surface area contributed by atoms with Gasteiger partial charge in [0.15, 0.2) is 5.82 Å². The number of aliphatic carboxylic acids is 1. The second kappa shape index (κ2) is 7.80.